The number of non-ortho nitro benzene ring substituents is 1. The number of amides is 1. The molecule has 10 nitrogen and oxygen atoms in total. The molecule has 1 N–H and O–H groups in total. The smallest absolute Gasteiger partial charge is 0.419 e. The number of carbonyl (C=O) groups is 2. The molecule has 1 amide bonds. The maximum Gasteiger partial charge on any atom is 0.419 e. The summed E-state index contributed by atoms with van der Waals surface area (Å²) in [5.74, 6) is -1.61. The number of nitrogens with zero attached hydrogens (tertiary/aromatic N) is 2. The second kappa shape index (κ2) is 10.5. The van der Waals surface area contributed by atoms with Gasteiger partial charge in [0.05, 0.1) is 22.5 Å². The molecule has 1 heterocycles. The summed E-state index contributed by atoms with van der Waals surface area (Å²) in [6.45, 7) is 1.68. The van der Waals surface area contributed by atoms with E-state index in [2.05, 4.69) is 17.4 Å². The van der Waals surface area contributed by atoms with Gasteiger partial charge in [0.25, 0.3) is 11.6 Å². The Morgan fingerprint density at radius 2 is 1.94 bits per heavy atom. The van der Waals surface area contributed by atoms with Gasteiger partial charge in [-0.1, -0.05) is 18.2 Å². The van der Waals surface area contributed by atoms with Gasteiger partial charge in [0.15, 0.2) is 12.2 Å². The highest BCUT2D eigenvalue weighted by molar-refractivity contribution is 5.81. The highest BCUT2D eigenvalue weighted by Crippen LogP contribution is 2.25. The maximum absolute atomic E-state index is 12.3. The molecule has 0 spiro atoms. The molecule has 10 heteroatoms. The summed E-state index contributed by atoms with van der Waals surface area (Å²) in [6, 6.07) is 10.0. The van der Waals surface area contributed by atoms with E-state index in [4.69, 9.17) is 9.15 Å². The van der Waals surface area contributed by atoms with Gasteiger partial charge in [0, 0.05) is 19.0 Å². The van der Waals surface area contributed by atoms with E-state index in [0.29, 0.717) is 5.52 Å². The fraction of sp³-hybridized carbons (Fsp3) is 0.400. The Kier molecular flexibility index (Phi) is 7.28. The molecule has 1 unspecified atom stereocenters. The first kappa shape index (κ1) is 24.2. The molecule has 35 heavy (non-hydrogen) atoms. The van der Waals surface area contributed by atoms with Crippen LogP contribution in [-0.2, 0) is 33.7 Å². The van der Waals surface area contributed by atoms with Crippen LogP contribution in [0.5, 0.6) is 0 Å². The molecule has 1 atom stereocenters. The lowest BCUT2D eigenvalue weighted by molar-refractivity contribution is -0.384. The third-order valence-electron chi connectivity index (χ3n) is 6.24. The number of oxazole rings is 1. The fourth-order valence-electron chi connectivity index (χ4n) is 4.37. The van der Waals surface area contributed by atoms with Crippen molar-refractivity contribution in [3.8, 4) is 0 Å². The van der Waals surface area contributed by atoms with E-state index in [0.717, 1.165) is 18.4 Å². The van der Waals surface area contributed by atoms with Gasteiger partial charge in [0.2, 0.25) is 0 Å². The standard InChI is InChI=1S/C25H27N3O7/c1-16(18-9-8-17-5-2-3-6-19(17)13-18)26-23(29)15-34-24(30)7-4-12-27-21-11-10-20(28(32)33)14-22(21)35-25(27)31/h8-11,13-14,16H,2-7,12,15H2,1H3,(H,26,29). The topological polar surface area (TPSA) is 134 Å². The molecule has 2 aromatic carbocycles. The Labute approximate surface area is 201 Å². The number of hydrogen-bond acceptors (Lipinski definition) is 7. The van der Waals surface area contributed by atoms with E-state index in [1.54, 1.807) is 0 Å². The van der Waals surface area contributed by atoms with Gasteiger partial charge in [-0.3, -0.25) is 24.3 Å². The zero-order valence-corrected chi connectivity index (χ0v) is 19.5. The normalized spacial score (nSPS) is 13.7. The molecule has 0 saturated carbocycles. The number of nitro benzene ring substituents is 1. The number of benzene rings is 2. The third-order valence-corrected chi connectivity index (χ3v) is 6.24. The minimum absolute atomic E-state index is 0.000248. The molecule has 1 aliphatic carbocycles. The van der Waals surface area contributed by atoms with E-state index in [1.165, 1.54) is 46.7 Å². The average Bonchev–Trinajstić information content (AvgIpc) is 3.16. The first-order chi connectivity index (χ1) is 16.8. The third kappa shape index (κ3) is 5.76. The molecular weight excluding hydrogens is 454 g/mol. The van der Waals surface area contributed by atoms with E-state index >= 15 is 0 Å². The van der Waals surface area contributed by atoms with Gasteiger partial charge < -0.3 is 14.5 Å². The number of hydrogen-bond donors (Lipinski definition) is 1. The summed E-state index contributed by atoms with van der Waals surface area (Å²) in [5.41, 5.74) is 4.07. The number of carbonyl (C=O) groups excluding carboxylic acids is 2. The monoisotopic (exact) mass is 481 g/mol. The highest BCUT2D eigenvalue weighted by atomic mass is 16.6. The molecule has 0 radical (unpaired) electrons. The molecule has 0 fully saturated rings. The molecular formula is C25H27N3O7. The Morgan fingerprint density at radius 1 is 1.17 bits per heavy atom. The average molecular weight is 482 g/mol. The molecule has 0 bridgehead atoms. The number of rotatable bonds is 9. The Balaban J connectivity index is 1.23. The van der Waals surface area contributed by atoms with E-state index < -0.39 is 16.6 Å². The zero-order valence-electron chi connectivity index (χ0n) is 19.5. The summed E-state index contributed by atoms with van der Waals surface area (Å²) >= 11 is 0. The molecule has 1 aromatic heterocycles. The lowest BCUT2D eigenvalue weighted by Crippen LogP contribution is -2.31. The van der Waals surface area contributed by atoms with Crippen molar-refractivity contribution in [1.29, 1.82) is 0 Å². The molecule has 184 valence electrons. The van der Waals surface area contributed by atoms with Crippen LogP contribution in [0.3, 0.4) is 0 Å². The summed E-state index contributed by atoms with van der Waals surface area (Å²) in [7, 11) is 0. The van der Waals surface area contributed by atoms with Crippen molar-refractivity contribution in [2.24, 2.45) is 0 Å². The molecule has 1 aliphatic rings. The van der Waals surface area contributed by atoms with Gasteiger partial charge >= 0.3 is 11.7 Å². The van der Waals surface area contributed by atoms with Crippen LogP contribution in [0.15, 0.2) is 45.6 Å². The Bertz CT molecular complexity index is 1320. The van der Waals surface area contributed by atoms with E-state index in [-0.39, 0.29) is 49.2 Å². The summed E-state index contributed by atoms with van der Waals surface area (Å²) < 4.78 is 11.4. The number of nitro groups is 1. The van der Waals surface area contributed by atoms with Gasteiger partial charge in [-0.05, 0) is 61.8 Å². The summed E-state index contributed by atoms with van der Waals surface area (Å²) in [6.07, 6.45) is 4.82. The second-order valence-electron chi connectivity index (χ2n) is 8.72. The van der Waals surface area contributed by atoms with Crippen LogP contribution in [0.25, 0.3) is 11.1 Å². The van der Waals surface area contributed by atoms with Crippen molar-refractivity contribution >= 4 is 28.7 Å². The lowest BCUT2D eigenvalue weighted by Gasteiger charge is -2.20. The van der Waals surface area contributed by atoms with Crippen molar-refractivity contribution < 1.29 is 23.7 Å². The Hall–Kier alpha value is -3.95. The largest absolute Gasteiger partial charge is 0.456 e. The minimum atomic E-state index is -0.663. The van der Waals surface area contributed by atoms with Gasteiger partial charge in [-0.25, -0.2) is 4.79 Å². The highest BCUT2D eigenvalue weighted by Gasteiger charge is 2.17. The predicted octanol–water partition coefficient (Wildman–Crippen LogP) is 3.58. The van der Waals surface area contributed by atoms with E-state index in [1.807, 2.05) is 13.0 Å². The zero-order chi connectivity index (χ0) is 24.9. The van der Waals surface area contributed by atoms with Crippen LogP contribution >= 0.6 is 0 Å². The van der Waals surface area contributed by atoms with Gasteiger partial charge in [-0.2, -0.15) is 0 Å². The molecule has 3 aromatic rings. The van der Waals surface area contributed by atoms with Crippen LogP contribution in [0.4, 0.5) is 5.69 Å². The SMILES string of the molecule is CC(NC(=O)COC(=O)CCCn1c(=O)oc2cc([N+](=O)[O-])ccc21)c1ccc2c(c1)CCCC2. The summed E-state index contributed by atoms with van der Waals surface area (Å²) in [4.78, 5) is 46.7. The van der Waals surface area contributed by atoms with Crippen LogP contribution in [0.1, 0.15) is 55.3 Å². The lowest BCUT2D eigenvalue weighted by atomic mass is 9.89. The van der Waals surface area contributed by atoms with Crippen LogP contribution in [0.2, 0.25) is 0 Å². The quantitative estimate of drug-likeness (QED) is 0.280. The van der Waals surface area contributed by atoms with Gasteiger partial charge in [0.1, 0.15) is 0 Å². The van der Waals surface area contributed by atoms with Crippen LogP contribution in [0, 0.1) is 10.1 Å². The molecule has 0 aliphatic heterocycles. The van der Waals surface area contributed by atoms with Crippen LogP contribution < -0.4 is 11.1 Å². The number of aryl methyl sites for hydroxylation is 3. The first-order valence-corrected chi connectivity index (χ1v) is 11.7. The molecule has 0 saturated heterocycles. The van der Waals surface area contributed by atoms with Crippen molar-refractivity contribution in [2.45, 2.75) is 58.0 Å². The van der Waals surface area contributed by atoms with E-state index in [9.17, 15) is 24.5 Å². The van der Waals surface area contributed by atoms with Crippen molar-refractivity contribution in [1.82, 2.24) is 9.88 Å². The number of ether oxygens (including phenoxy) is 1. The summed E-state index contributed by atoms with van der Waals surface area (Å²) in [5, 5.41) is 13.7. The minimum Gasteiger partial charge on any atom is -0.456 e. The molecule has 4 rings (SSSR count). The number of fused-ring (bicyclic) bond motifs is 2. The second-order valence-corrected chi connectivity index (χ2v) is 8.72. The van der Waals surface area contributed by atoms with Crippen molar-refractivity contribution in [2.75, 3.05) is 6.61 Å². The predicted molar refractivity (Wildman–Crippen MR) is 127 cm³/mol. The fourth-order valence-corrected chi connectivity index (χ4v) is 4.37. The van der Waals surface area contributed by atoms with Crippen LogP contribution in [-0.4, -0.2) is 28.0 Å². The Morgan fingerprint density at radius 3 is 2.71 bits per heavy atom. The van der Waals surface area contributed by atoms with Gasteiger partial charge in [-0.15, -0.1) is 0 Å². The first-order valence-electron chi connectivity index (χ1n) is 11.7. The van der Waals surface area contributed by atoms with Crippen molar-refractivity contribution in [3.05, 3.63) is 73.8 Å². The van der Waals surface area contributed by atoms with Crippen molar-refractivity contribution in [3.63, 3.8) is 0 Å². The number of nitrogens with one attached hydrogen (secondary N) is 1. The number of aromatic nitrogens is 1. The maximum atomic E-state index is 12.3. The number of esters is 1.